The number of hydrogen-bond acceptors (Lipinski definition) is 4. The van der Waals surface area contributed by atoms with Gasteiger partial charge in [0, 0.05) is 24.7 Å². The molecule has 1 aromatic carbocycles. The molecule has 5 heteroatoms. The Hall–Kier alpha value is -2.40. The van der Waals surface area contributed by atoms with Crippen molar-refractivity contribution in [2.75, 3.05) is 19.8 Å². The Morgan fingerprint density at radius 1 is 1.24 bits per heavy atom. The first-order chi connectivity index (χ1) is 12.2. The molecule has 25 heavy (non-hydrogen) atoms. The fourth-order valence-electron chi connectivity index (χ4n) is 3.10. The van der Waals surface area contributed by atoms with Crippen molar-refractivity contribution in [3.63, 3.8) is 0 Å². The van der Waals surface area contributed by atoms with Crippen LogP contribution in [0.25, 0.3) is 0 Å². The number of ether oxygens (including phenoxy) is 2. The average Bonchev–Trinajstić information content (AvgIpc) is 2.67. The quantitative estimate of drug-likeness (QED) is 0.839. The molecule has 0 unspecified atom stereocenters. The van der Waals surface area contributed by atoms with Crippen molar-refractivity contribution in [1.82, 2.24) is 9.88 Å². The third kappa shape index (κ3) is 4.17. The van der Waals surface area contributed by atoms with Crippen LogP contribution in [0.5, 0.6) is 5.88 Å². The van der Waals surface area contributed by atoms with E-state index in [4.69, 9.17) is 9.47 Å². The number of morpholine rings is 1. The SMILES string of the molecule is CC(C)C(=O)N1CCO[C@@H](COc2ccccn2)[C@@H]1c1ccccc1. The van der Waals surface area contributed by atoms with Gasteiger partial charge in [-0.25, -0.2) is 4.98 Å². The van der Waals surface area contributed by atoms with Crippen molar-refractivity contribution >= 4 is 5.91 Å². The highest BCUT2D eigenvalue weighted by molar-refractivity contribution is 5.78. The van der Waals surface area contributed by atoms with Crippen LogP contribution in [-0.2, 0) is 9.53 Å². The standard InChI is InChI=1S/C20H24N2O3/c1-15(2)20(23)22-12-13-24-17(14-25-18-10-6-7-11-21-18)19(22)16-8-4-3-5-9-16/h3-11,15,17,19H,12-14H2,1-2H3/t17-,19-/m0/s1. The van der Waals surface area contributed by atoms with E-state index in [1.165, 1.54) is 0 Å². The fraction of sp³-hybridized carbons (Fsp3) is 0.400. The van der Waals surface area contributed by atoms with Crippen molar-refractivity contribution in [3.8, 4) is 5.88 Å². The minimum Gasteiger partial charge on any atom is -0.475 e. The first kappa shape index (κ1) is 17.4. The van der Waals surface area contributed by atoms with Crippen LogP contribution in [0.3, 0.4) is 0 Å². The number of carbonyl (C=O) groups excluding carboxylic acids is 1. The third-order valence-electron chi connectivity index (χ3n) is 4.30. The smallest absolute Gasteiger partial charge is 0.225 e. The van der Waals surface area contributed by atoms with Gasteiger partial charge in [-0.2, -0.15) is 0 Å². The van der Waals surface area contributed by atoms with E-state index in [9.17, 15) is 4.79 Å². The second-order valence-electron chi connectivity index (χ2n) is 6.43. The first-order valence-electron chi connectivity index (χ1n) is 8.67. The topological polar surface area (TPSA) is 51.7 Å². The van der Waals surface area contributed by atoms with E-state index in [1.807, 2.05) is 67.3 Å². The molecule has 0 spiro atoms. The molecule has 0 aliphatic carbocycles. The molecule has 0 radical (unpaired) electrons. The van der Waals surface area contributed by atoms with Gasteiger partial charge in [0.05, 0.1) is 12.6 Å². The normalized spacial score (nSPS) is 20.5. The number of hydrogen-bond donors (Lipinski definition) is 0. The Bertz CT molecular complexity index is 676. The lowest BCUT2D eigenvalue weighted by Gasteiger charge is -2.42. The summed E-state index contributed by atoms with van der Waals surface area (Å²) in [5, 5.41) is 0. The van der Waals surface area contributed by atoms with Crippen molar-refractivity contribution in [3.05, 3.63) is 60.3 Å². The van der Waals surface area contributed by atoms with Gasteiger partial charge >= 0.3 is 0 Å². The van der Waals surface area contributed by atoms with E-state index in [0.717, 1.165) is 5.56 Å². The minimum atomic E-state index is -0.235. The Morgan fingerprint density at radius 2 is 2.00 bits per heavy atom. The molecule has 0 saturated carbocycles. The Balaban J connectivity index is 1.82. The zero-order valence-electron chi connectivity index (χ0n) is 14.7. The van der Waals surface area contributed by atoms with Crippen molar-refractivity contribution in [2.45, 2.75) is 26.0 Å². The Kier molecular flexibility index (Phi) is 5.66. The average molecular weight is 340 g/mol. The highest BCUT2D eigenvalue weighted by atomic mass is 16.5. The van der Waals surface area contributed by atoms with Crippen molar-refractivity contribution in [1.29, 1.82) is 0 Å². The number of benzene rings is 1. The van der Waals surface area contributed by atoms with Gasteiger partial charge in [-0.05, 0) is 11.6 Å². The number of pyridine rings is 1. The number of carbonyl (C=O) groups is 1. The summed E-state index contributed by atoms with van der Waals surface area (Å²) in [5.41, 5.74) is 1.06. The van der Waals surface area contributed by atoms with Crippen LogP contribution in [-0.4, -0.2) is 41.7 Å². The maximum Gasteiger partial charge on any atom is 0.225 e. The van der Waals surface area contributed by atoms with Crippen LogP contribution < -0.4 is 4.74 Å². The number of nitrogens with zero attached hydrogens (tertiary/aromatic N) is 2. The van der Waals surface area contributed by atoms with Crippen LogP contribution in [0.15, 0.2) is 54.7 Å². The first-order valence-corrected chi connectivity index (χ1v) is 8.67. The van der Waals surface area contributed by atoms with E-state index in [1.54, 1.807) is 6.20 Å². The van der Waals surface area contributed by atoms with Gasteiger partial charge in [-0.15, -0.1) is 0 Å². The zero-order valence-corrected chi connectivity index (χ0v) is 14.7. The second kappa shape index (κ2) is 8.12. The molecule has 0 N–H and O–H groups in total. The molecule has 0 bridgehead atoms. The van der Waals surface area contributed by atoms with Crippen LogP contribution in [0.2, 0.25) is 0 Å². The molecule has 5 nitrogen and oxygen atoms in total. The highest BCUT2D eigenvalue weighted by Gasteiger charge is 2.37. The predicted octanol–water partition coefficient (Wildman–Crippen LogP) is 3.09. The molecular weight excluding hydrogens is 316 g/mol. The molecule has 132 valence electrons. The molecule has 1 saturated heterocycles. The largest absolute Gasteiger partial charge is 0.475 e. The van der Waals surface area contributed by atoms with E-state index in [2.05, 4.69) is 4.98 Å². The van der Waals surface area contributed by atoms with Gasteiger partial charge in [0.1, 0.15) is 12.7 Å². The number of rotatable bonds is 5. The molecule has 2 atom stereocenters. The zero-order chi connectivity index (χ0) is 17.6. The Morgan fingerprint density at radius 3 is 2.68 bits per heavy atom. The molecule has 1 aliphatic heterocycles. The van der Waals surface area contributed by atoms with E-state index in [-0.39, 0.29) is 24.0 Å². The van der Waals surface area contributed by atoms with Crippen molar-refractivity contribution in [2.24, 2.45) is 5.92 Å². The molecule has 1 aliphatic rings. The van der Waals surface area contributed by atoms with Gasteiger partial charge in [0.2, 0.25) is 11.8 Å². The van der Waals surface area contributed by atoms with Gasteiger partial charge in [-0.3, -0.25) is 4.79 Å². The molecule has 1 fully saturated rings. The second-order valence-corrected chi connectivity index (χ2v) is 6.43. The summed E-state index contributed by atoms with van der Waals surface area (Å²) in [7, 11) is 0. The number of aromatic nitrogens is 1. The fourth-order valence-corrected chi connectivity index (χ4v) is 3.10. The minimum absolute atomic E-state index is 0.0540. The summed E-state index contributed by atoms with van der Waals surface area (Å²) in [5.74, 6) is 0.645. The lowest BCUT2D eigenvalue weighted by atomic mass is 9.97. The summed E-state index contributed by atoms with van der Waals surface area (Å²) in [6.07, 6.45) is 1.46. The van der Waals surface area contributed by atoms with Crippen molar-refractivity contribution < 1.29 is 14.3 Å². The predicted molar refractivity (Wildman–Crippen MR) is 95.2 cm³/mol. The summed E-state index contributed by atoms with van der Waals surface area (Å²) in [6.45, 7) is 5.31. The van der Waals surface area contributed by atoms with Gasteiger partial charge in [-0.1, -0.05) is 50.2 Å². The van der Waals surface area contributed by atoms with E-state index >= 15 is 0 Å². The van der Waals surface area contributed by atoms with E-state index < -0.39 is 0 Å². The maximum absolute atomic E-state index is 12.7. The molecule has 1 aromatic heterocycles. The monoisotopic (exact) mass is 340 g/mol. The summed E-state index contributed by atoms with van der Waals surface area (Å²) < 4.78 is 11.8. The third-order valence-corrected chi connectivity index (χ3v) is 4.30. The molecule has 1 amide bonds. The molecular formula is C20H24N2O3. The van der Waals surface area contributed by atoms with Crippen LogP contribution in [0.4, 0.5) is 0 Å². The summed E-state index contributed by atoms with van der Waals surface area (Å²) in [6, 6.07) is 15.4. The lowest BCUT2D eigenvalue weighted by Crippen LogP contribution is -2.51. The molecule has 2 heterocycles. The Labute approximate surface area is 148 Å². The highest BCUT2D eigenvalue weighted by Crippen LogP contribution is 2.31. The number of amides is 1. The van der Waals surface area contributed by atoms with Crippen LogP contribution >= 0.6 is 0 Å². The maximum atomic E-state index is 12.7. The summed E-state index contributed by atoms with van der Waals surface area (Å²) >= 11 is 0. The van der Waals surface area contributed by atoms with E-state index in [0.29, 0.717) is 25.6 Å². The molecule has 2 aromatic rings. The molecule has 3 rings (SSSR count). The van der Waals surface area contributed by atoms with Crippen LogP contribution in [0, 0.1) is 5.92 Å². The summed E-state index contributed by atoms with van der Waals surface area (Å²) in [4.78, 5) is 18.8. The van der Waals surface area contributed by atoms with Gasteiger partial charge in [0.25, 0.3) is 0 Å². The van der Waals surface area contributed by atoms with Gasteiger partial charge in [0.15, 0.2) is 0 Å². The lowest BCUT2D eigenvalue weighted by molar-refractivity contribution is -0.152. The van der Waals surface area contributed by atoms with Gasteiger partial charge < -0.3 is 14.4 Å². The van der Waals surface area contributed by atoms with Crippen LogP contribution in [0.1, 0.15) is 25.5 Å².